The van der Waals surface area contributed by atoms with Crippen molar-refractivity contribution >= 4 is 11.7 Å². The average molecular weight is 207 g/mol. The second kappa shape index (κ2) is 3.86. The van der Waals surface area contributed by atoms with E-state index >= 15 is 0 Å². The topological polar surface area (TPSA) is 79.5 Å². The predicted octanol–water partition coefficient (Wildman–Crippen LogP) is -0.129. The average Bonchev–Trinajstić information content (AvgIpc) is 2.65. The molecule has 15 heavy (non-hydrogen) atoms. The van der Waals surface area contributed by atoms with Crippen molar-refractivity contribution in [2.45, 2.75) is 12.5 Å². The number of aromatic nitrogens is 1. The minimum atomic E-state index is -0.393. The largest absolute Gasteiger partial charge is 0.391 e. The molecular weight excluding hydrogens is 194 g/mol. The van der Waals surface area contributed by atoms with Crippen molar-refractivity contribution in [1.29, 1.82) is 0 Å². The number of anilines is 1. The smallest absolute Gasteiger partial charge is 0.255 e. The summed E-state index contributed by atoms with van der Waals surface area (Å²) < 4.78 is 0. The molecule has 1 atom stereocenters. The Morgan fingerprint density at radius 3 is 2.93 bits per heavy atom. The predicted molar refractivity (Wildman–Crippen MR) is 55.2 cm³/mol. The maximum absolute atomic E-state index is 11.8. The number of β-amino-alcohol motifs (C(OH)–C–C–N with tert-alkyl or cyclic N) is 1. The van der Waals surface area contributed by atoms with Crippen LogP contribution in [0.2, 0.25) is 0 Å². The van der Waals surface area contributed by atoms with Gasteiger partial charge in [-0.05, 0) is 18.6 Å². The molecule has 0 aromatic carbocycles. The zero-order valence-electron chi connectivity index (χ0n) is 8.26. The number of nitrogens with two attached hydrogens (primary N) is 1. The maximum atomic E-state index is 11.8. The van der Waals surface area contributed by atoms with E-state index in [4.69, 9.17) is 5.73 Å². The van der Waals surface area contributed by atoms with Gasteiger partial charge in [0.25, 0.3) is 5.91 Å². The van der Waals surface area contributed by atoms with Gasteiger partial charge in [0.05, 0.1) is 11.7 Å². The highest BCUT2D eigenvalue weighted by Gasteiger charge is 2.25. The van der Waals surface area contributed by atoms with Gasteiger partial charge in [0, 0.05) is 19.3 Å². The summed E-state index contributed by atoms with van der Waals surface area (Å²) in [7, 11) is 0. The van der Waals surface area contributed by atoms with Crippen LogP contribution in [-0.2, 0) is 0 Å². The van der Waals surface area contributed by atoms with Gasteiger partial charge in [-0.1, -0.05) is 0 Å². The lowest BCUT2D eigenvalue weighted by atomic mass is 10.2. The van der Waals surface area contributed by atoms with E-state index in [1.54, 1.807) is 17.0 Å². The molecule has 2 heterocycles. The van der Waals surface area contributed by atoms with Crippen molar-refractivity contribution < 1.29 is 9.90 Å². The van der Waals surface area contributed by atoms with Crippen molar-refractivity contribution in [1.82, 2.24) is 9.88 Å². The second-order valence-corrected chi connectivity index (χ2v) is 3.67. The number of carbonyl (C=O) groups is 1. The summed E-state index contributed by atoms with van der Waals surface area (Å²) in [6.07, 6.45) is 1.71. The lowest BCUT2D eigenvalue weighted by molar-refractivity contribution is 0.0764. The van der Waals surface area contributed by atoms with Gasteiger partial charge in [-0.3, -0.25) is 4.79 Å². The highest BCUT2D eigenvalue weighted by Crippen LogP contribution is 2.13. The number of carbonyl (C=O) groups excluding carboxylic acids is 1. The fraction of sp³-hybridized carbons (Fsp3) is 0.400. The van der Waals surface area contributed by atoms with Crippen LogP contribution in [0.1, 0.15) is 16.8 Å². The molecule has 5 heteroatoms. The first kappa shape index (κ1) is 9.92. The van der Waals surface area contributed by atoms with Gasteiger partial charge in [-0.25, -0.2) is 4.98 Å². The third kappa shape index (κ3) is 2.07. The van der Waals surface area contributed by atoms with Gasteiger partial charge >= 0.3 is 0 Å². The molecule has 0 bridgehead atoms. The number of amides is 1. The number of hydrogen-bond donors (Lipinski definition) is 2. The first-order chi connectivity index (χ1) is 7.16. The van der Waals surface area contributed by atoms with Crippen LogP contribution in [0.3, 0.4) is 0 Å². The molecule has 1 amide bonds. The van der Waals surface area contributed by atoms with E-state index in [0.29, 0.717) is 30.9 Å². The molecule has 1 aliphatic rings. The first-order valence-corrected chi connectivity index (χ1v) is 4.85. The van der Waals surface area contributed by atoms with Crippen molar-refractivity contribution in [2.24, 2.45) is 0 Å². The van der Waals surface area contributed by atoms with Crippen LogP contribution >= 0.6 is 0 Å². The normalized spacial score (nSPS) is 20.6. The fourth-order valence-electron chi connectivity index (χ4n) is 1.64. The number of hydrogen-bond acceptors (Lipinski definition) is 4. The molecule has 80 valence electrons. The van der Waals surface area contributed by atoms with Gasteiger partial charge < -0.3 is 15.7 Å². The van der Waals surface area contributed by atoms with Crippen LogP contribution in [0.25, 0.3) is 0 Å². The molecule has 1 aromatic rings. The van der Waals surface area contributed by atoms with Crippen molar-refractivity contribution in [3.05, 3.63) is 23.9 Å². The standard InChI is InChI=1S/C10H13N3O2/c11-9-2-1-7(5-12-9)10(15)13-4-3-8(14)6-13/h1-2,5,8,14H,3-4,6H2,(H2,11,12). The maximum Gasteiger partial charge on any atom is 0.255 e. The first-order valence-electron chi connectivity index (χ1n) is 4.85. The molecule has 3 N–H and O–H groups in total. The molecular formula is C10H13N3O2. The Balaban J connectivity index is 2.11. The number of likely N-dealkylation sites (tertiary alicyclic amines) is 1. The quantitative estimate of drug-likeness (QED) is 0.672. The molecule has 1 fully saturated rings. The van der Waals surface area contributed by atoms with Crippen molar-refractivity contribution in [3.63, 3.8) is 0 Å². The van der Waals surface area contributed by atoms with E-state index in [1.165, 1.54) is 6.20 Å². The van der Waals surface area contributed by atoms with Crippen LogP contribution in [0.5, 0.6) is 0 Å². The van der Waals surface area contributed by atoms with E-state index in [0.717, 1.165) is 0 Å². The van der Waals surface area contributed by atoms with Gasteiger partial charge in [-0.15, -0.1) is 0 Å². The van der Waals surface area contributed by atoms with E-state index in [-0.39, 0.29) is 5.91 Å². The van der Waals surface area contributed by atoms with E-state index in [1.807, 2.05) is 0 Å². The molecule has 5 nitrogen and oxygen atoms in total. The Morgan fingerprint density at radius 2 is 2.40 bits per heavy atom. The minimum Gasteiger partial charge on any atom is -0.391 e. The van der Waals surface area contributed by atoms with Crippen LogP contribution in [0, 0.1) is 0 Å². The number of rotatable bonds is 1. The van der Waals surface area contributed by atoms with Crippen molar-refractivity contribution in [2.75, 3.05) is 18.8 Å². The lowest BCUT2D eigenvalue weighted by Crippen LogP contribution is -2.29. The van der Waals surface area contributed by atoms with E-state index in [2.05, 4.69) is 4.98 Å². The molecule has 2 rings (SSSR count). The number of aliphatic hydroxyl groups is 1. The number of nitrogen functional groups attached to an aromatic ring is 1. The SMILES string of the molecule is Nc1ccc(C(=O)N2CCC(O)C2)cn1. The second-order valence-electron chi connectivity index (χ2n) is 3.67. The summed E-state index contributed by atoms with van der Waals surface area (Å²) in [5, 5.41) is 9.31. The monoisotopic (exact) mass is 207 g/mol. The summed E-state index contributed by atoms with van der Waals surface area (Å²) in [4.78, 5) is 17.3. The Labute approximate surface area is 87.5 Å². The van der Waals surface area contributed by atoms with Crippen LogP contribution in [0.4, 0.5) is 5.82 Å². The number of pyridine rings is 1. The highest BCUT2D eigenvalue weighted by molar-refractivity contribution is 5.94. The molecule has 0 aliphatic carbocycles. The fourth-order valence-corrected chi connectivity index (χ4v) is 1.64. The zero-order valence-corrected chi connectivity index (χ0v) is 8.26. The Kier molecular flexibility index (Phi) is 2.55. The Morgan fingerprint density at radius 1 is 1.60 bits per heavy atom. The molecule has 1 saturated heterocycles. The summed E-state index contributed by atoms with van der Waals surface area (Å²) in [5.74, 6) is 0.298. The van der Waals surface area contributed by atoms with Crippen LogP contribution in [0.15, 0.2) is 18.3 Å². The minimum absolute atomic E-state index is 0.0981. The van der Waals surface area contributed by atoms with Gasteiger partial charge in [0.2, 0.25) is 0 Å². The van der Waals surface area contributed by atoms with E-state index in [9.17, 15) is 9.90 Å². The van der Waals surface area contributed by atoms with Crippen molar-refractivity contribution in [3.8, 4) is 0 Å². The summed E-state index contributed by atoms with van der Waals surface area (Å²) in [6.45, 7) is 1.01. The molecule has 0 radical (unpaired) electrons. The van der Waals surface area contributed by atoms with Gasteiger partial charge in [0.15, 0.2) is 0 Å². The zero-order chi connectivity index (χ0) is 10.8. The van der Waals surface area contributed by atoms with Gasteiger partial charge in [-0.2, -0.15) is 0 Å². The third-order valence-corrected chi connectivity index (χ3v) is 2.48. The summed E-state index contributed by atoms with van der Waals surface area (Å²) >= 11 is 0. The van der Waals surface area contributed by atoms with Gasteiger partial charge in [0.1, 0.15) is 5.82 Å². The molecule has 1 aliphatic heterocycles. The summed E-state index contributed by atoms with van der Waals surface area (Å²) in [5.41, 5.74) is 5.94. The van der Waals surface area contributed by atoms with Crippen LogP contribution < -0.4 is 5.73 Å². The Bertz CT molecular complexity index is 363. The highest BCUT2D eigenvalue weighted by atomic mass is 16.3. The number of nitrogens with zero attached hydrogens (tertiary/aromatic N) is 2. The van der Waals surface area contributed by atoms with E-state index < -0.39 is 6.10 Å². The molecule has 1 unspecified atom stereocenters. The van der Waals surface area contributed by atoms with Crippen LogP contribution in [-0.4, -0.2) is 40.1 Å². The lowest BCUT2D eigenvalue weighted by Gasteiger charge is -2.14. The third-order valence-electron chi connectivity index (χ3n) is 2.48. The molecule has 0 saturated carbocycles. The molecule has 1 aromatic heterocycles. The summed E-state index contributed by atoms with van der Waals surface area (Å²) in [6, 6.07) is 3.25. The number of aliphatic hydroxyl groups excluding tert-OH is 1. The molecule has 0 spiro atoms. The Hall–Kier alpha value is -1.62.